The SMILES string of the molecule is Cc1nnnn1Cc1ccc(C(=O)N2CC3CNCC3(CCc3ccccc3)C2)cc1.Cl. The summed E-state index contributed by atoms with van der Waals surface area (Å²) in [5.41, 5.74) is 3.39. The van der Waals surface area contributed by atoms with Crippen LogP contribution in [0.25, 0.3) is 0 Å². The lowest BCUT2D eigenvalue weighted by atomic mass is 9.76. The first-order chi connectivity index (χ1) is 15.1. The van der Waals surface area contributed by atoms with Gasteiger partial charge in [-0.25, -0.2) is 4.68 Å². The van der Waals surface area contributed by atoms with Crippen LogP contribution in [0.3, 0.4) is 0 Å². The Kier molecular flexibility index (Phi) is 6.58. The van der Waals surface area contributed by atoms with Gasteiger partial charge >= 0.3 is 0 Å². The van der Waals surface area contributed by atoms with E-state index in [-0.39, 0.29) is 23.7 Å². The van der Waals surface area contributed by atoms with E-state index in [0.717, 1.165) is 56.0 Å². The van der Waals surface area contributed by atoms with Gasteiger partial charge in [0.05, 0.1) is 6.54 Å². The van der Waals surface area contributed by atoms with Crippen molar-refractivity contribution in [1.82, 2.24) is 30.4 Å². The van der Waals surface area contributed by atoms with E-state index in [1.165, 1.54) is 5.56 Å². The Morgan fingerprint density at radius 2 is 1.91 bits per heavy atom. The van der Waals surface area contributed by atoms with E-state index in [4.69, 9.17) is 0 Å². The molecule has 0 aliphatic carbocycles. The van der Waals surface area contributed by atoms with E-state index in [1.54, 1.807) is 4.68 Å². The minimum atomic E-state index is 0. The number of hydrogen-bond donors (Lipinski definition) is 1. The fraction of sp³-hybridized carbons (Fsp3) is 0.417. The number of carbonyl (C=O) groups is 1. The molecule has 1 N–H and O–H groups in total. The van der Waals surface area contributed by atoms with Crippen LogP contribution in [0.2, 0.25) is 0 Å². The third-order valence-corrected chi connectivity index (χ3v) is 6.97. The summed E-state index contributed by atoms with van der Waals surface area (Å²) >= 11 is 0. The number of halogens is 1. The lowest BCUT2D eigenvalue weighted by Crippen LogP contribution is -2.36. The van der Waals surface area contributed by atoms with Gasteiger partial charge in [0.2, 0.25) is 0 Å². The molecular formula is C24H29ClN6O. The van der Waals surface area contributed by atoms with Crippen LogP contribution in [0.15, 0.2) is 54.6 Å². The van der Waals surface area contributed by atoms with Crippen molar-refractivity contribution in [2.24, 2.45) is 11.3 Å². The maximum atomic E-state index is 13.2. The molecule has 2 atom stereocenters. The largest absolute Gasteiger partial charge is 0.338 e. The molecule has 0 saturated carbocycles. The quantitative estimate of drug-likeness (QED) is 0.622. The number of nitrogens with one attached hydrogen (secondary N) is 1. The second-order valence-corrected chi connectivity index (χ2v) is 8.94. The first kappa shape index (κ1) is 22.4. The lowest BCUT2D eigenvalue weighted by molar-refractivity contribution is 0.0769. The predicted octanol–water partition coefficient (Wildman–Crippen LogP) is 2.75. The molecule has 2 aromatic carbocycles. The molecule has 1 aromatic heterocycles. The molecule has 2 aliphatic rings. The number of likely N-dealkylation sites (tertiary alicyclic amines) is 1. The zero-order chi connectivity index (χ0) is 21.3. The third kappa shape index (κ3) is 4.40. The molecule has 2 saturated heterocycles. The molecule has 0 bridgehead atoms. The smallest absolute Gasteiger partial charge is 0.253 e. The number of benzene rings is 2. The Morgan fingerprint density at radius 3 is 2.62 bits per heavy atom. The Labute approximate surface area is 194 Å². The molecule has 2 unspecified atom stereocenters. The van der Waals surface area contributed by atoms with E-state index >= 15 is 0 Å². The summed E-state index contributed by atoms with van der Waals surface area (Å²) in [4.78, 5) is 15.3. The maximum absolute atomic E-state index is 13.2. The molecule has 0 spiro atoms. The number of tetrazole rings is 1. The summed E-state index contributed by atoms with van der Waals surface area (Å²) in [7, 11) is 0. The van der Waals surface area contributed by atoms with Crippen LogP contribution >= 0.6 is 12.4 Å². The van der Waals surface area contributed by atoms with Gasteiger partial charge in [-0.05, 0) is 59.4 Å². The van der Waals surface area contributed by atoms with Crippen LogP contribution in [-0.2, 0) is 13.0 Å². The third-order valence-electron chi connectivity index (χ3n) is 6.97. The molecular weight excluding hydrogens is 424 g/mol. The van der Waals surface area contributed by atoms with Gasteiger partial charge < -0.3 is 10.2 Å². The number of nitrogens with zero attached hydrogens (tertiary/aromatic N) is 5. The lowest BCUT2D eigenvalue weighted by Gasteiger charge is -2.28. The summed E-state index contributed by atoms with van der Waals surface area (Å²) in [6.45, 7) is 6.16. The molecule has 8 heteroatoms. The van der Waals surface area contributed by atoms with Crippen LogP contribution in [0, 0.1) is 18.3 Å². The molecule has 5 rings (SSSR count). The average molecular weight is 453 g/mol. The Bertz CT molecular complexity index is 1050. The maximum Gasteiger partial charge on any atom is 0.253 e. The summed E-state index contributed by atoms with van der Waals surface area (Å²) in [5.74, 6) is 1.44. The van der Waals surface area contributed by atoms with Crippen molar-refractivity contribution in [3.8, 4) is 0 Å². The number of aromatic nitrogens is 4. The summed E-state index contributed by atoms with van der Waals surface area (Å²) < 4.78 is 1.75. The fourth-order valence-electron chi connectivity index (χ4n) is 5.08. The van der Waals surface area contributed by atoms with Gasteiger partial charge in [0.15, 0.2) is 0 Å². The first-order valence-corrected chi connectivity index (χ1v) is 11.0. The Hall–Kier alpha value is -2.77. The standard InChI is InChI=1S/C24H28N6O.ClH/c1-18-26-27-28-30(18)14-20-7-9-21(10-8-20)23(31)29-15-22-13-25-16-24(22,17-29)12-11-19-5-3-2-4-6-19;/h2-10,22,25H,11-17H2,1H3;1H. The van der Waals surface area contributed by atoms with Gasteiger partial charge in [0.1, 0.15) is 5.82 Å². The van der Waals surface area contributed by atoms with Crippen molar-refractivity contribution in [2.45, 2.75) is 26.3 Å². The topological polar surface area (TPSA) is 75.9 Å². The second-order valence-electron chi connectivity index (χ2n) is 8.94. The highest BCUT2D eigenvalue weighted by molar-refractivity contribution is 5.94. The van der Waals surface area contributed by atoms with Crippen LogP contribution in [0.4, 0.5) is 0 Å². The highest BCUT2D eigenvalue weighted by Gasteiger charge is 2.50. The minimum absolute atomic E-state index is 0. The minimum Gasteiger partial charge on any atom is -0.338 e. The van der Waals surface area contributed by atoms with Gasteiger partial charge in [0.25, 0.3) is 5.91 Å². The van der Waals surface area contributed by atoms with Crippen molar-refractivity contribution in [1.29, 1.82) is 0 Å². The zero-order valence-electron chi connectivity index (χ0n) is 18.3. The number of hydrogen-bond acceptors (Lipinski definition) is 5. The van der Waals surface area contributed by atoms with Crippen LogP contribution in [0.5, 0.6) is 0 Å². The highest BCUT2D eigenvalue weighted by atomic mass is 35.5. The van der Waals surface area contributed by atoms with Gasteiger partial charge in [-0.15, -0.1) is 17.5 Å². The van der Waals surface area contributed by atoms with E-state index in [9.17, 15) is 4.79 Å². The molecule has 3 heterocycles. The van der Waals surface area contributed by atoms with E-state index in [0.29, 0.717) is 12.5 Å². The van der Waals surface area contributed by atoms with Crippen LogP contribution < -0.4 is 5.32 Å². The molecule has 32 heavy (non-hydrogen) atoms. The van der Waals surface area contributed by atoms with Crippen molar-refractivity contribution < 1.29 is 4.79 Å². The van der Waals surface area contributed by atoms with Crippen LogP contribution in [-0.4, -0.2) is 57.2 Å². The van der Waals surface area contributed by atoms with Crippen molar-refractivity contribution in [3.05, 3.63) is 77.1 Å². The van der Waals surface area contributed by atoms with Crippen LogP contribution in [0.1, 0.15) is 33.7 Å². The molecule has 168 valence electrons. The molecule has 2 fully saturated rings. The van der Waals surface area contributed by atoms with E-state index < -0.39 is 0 Å². The normalized spacial score (nSPS) is 21.9. The highest BCUT2D eigenvalue weighted by Crippen LogP contribution is 2.43. The van der Waals surface area contributed by atoms with Crippen molar-refractivity contribution >= 4 is 18.3 Å². The van der Waals surface area contributed by atoms with Crippen molar-refractivity contribution in [2.75, 3.05) is 26.2 Å². The number of aryl methyl sites for hydroxylation is 2. The summed E-state index contributed by atoms with van der Waals surface area (Å²) in [5, 5.41) is 15.2. The first-order valence-electron chi connectivity index (χ1n) is 11.0. The monoisotopic (exact) mass is 452 g/mol. The predicted molar refractivity (Wildman–Crippen MR) is 125 cm³/mol. The fourth-order valence-corrected chi connectivity index (χ4v) is 5.08. The van der Waals surface area contributed by atoms with Gasteiger partial charge in [0, 0.05) is 37.2 Å². The van der Waals surface area contributed by atoms with Gasteiger partial charge in [-0.3, -0.25) is 4.79 Å². The van der Waals surface area contributed by atoms with E-state index in [2.05, 4.69) is 56.1 Å². The number of fused-ring (bicyclic) bond motifs is 1. The number of rotatable bonds is 6. The van der Waals surface area contributed by atoms with Gasteiger partial charge in [-0.2, -0.15) is 0 Å². The molecule has 7 nitrogen and oxygen atoms in total. The Balaban J connectivity index is 0.00000245. The summed E-state index contributed by atoms with van der Waals surface area (Å²) in [6, 6.07) is 18.5. The molecule has 2 aliphatic heterocycles. The van der Waals surface area contributed by atoms with Crippen molar-refractivity contribution in [3.63, 3.8) is 0 Å². The Morgan fingerprint density at radius 1 is 1.12 bits per heavy atom. The summed E-state index contributed by atoms with van der Waals surface area (Å²) in [6.07, 6.45) is 2.18. The average Bonchev–Trinajstić information content (AvgIpc) is 3.48. The number of carbonyl (C=O) groups excluding carboxylic acids is 1. The second kappa shape index (κ2) is 9.38. The zero-order valence-corrected chi connectivity index (χ0v) is 19.1. The molecule has 3 aromatic rings. The molecule has 1 amide bonds. The number of amides is 1. The van der Waals surface area contributed by atoms with Gasteiger partial charge in [-0.1, -0.05) is 42.5 Å². The molecule has 0 radical (unpaired) electrons. The van der Waals surface area contributed by atoms with E-state index in [1.807, 2.05) is 31.2 Å².